The minimum Gasteiger partial charge on any atom is -0.480 e. The van der Waals surface area contributed by atoms with E-state index in [1.165, 1.54) is 17.0 Å². The summed E-state index contributed by atoms with van der Waals surface area (Å²) in [7, 11) is 0. The molecule has 1 aliphatic rings. The molecule has 0 unspecified atom stereocenters. The van der Waals surface area contributed by atoms with E-state index in [4.69, 9.17) is 5.11 Å². The summed E-state index contributed by atoms with van der Waals surface area (Å²) in [6.45, 7) is 3.02. The Kier molecular flexibility index (Phi) is 4.41. The van der Waals surface area contributed by atoms with Crippen molar-refractivity contribution < 1.29 is 27.9 Å². The minimum atomic E-state index is -4.43. The Balaban J connectivity index is 2.32. The van der Waals surface area contributed by atoms with Crippen LogP contribution < -0.4 is 0 Å². The second-order valence-corrected chi connectivity index (χ2v) is 6.38. The molecule has 2 rings (SSSR count). The molecule has 1 amide bonds. The molecule has 0 bridgehead atoms. The lowest BCUT2D eigenvalue weighted by molar-refractivity contribution is -0.155. The lowest BCUT2D eigenvalue weighted by atomic mass is 9.78. The number of alkyl halides is 3. The molecule has 0 aliphatic carbocycles. The standard InChI is InChI=1S/C16H18F3NO3/c1-15(2)8-7-12(20(14(15)23)9-13(21)22)10-3-5-11(6-4-10)16(17,18)19/h3-6,12H,7-9H2,1-2H3,(H,21,22)/t12-/m0/s1. The molecule has 1 heterocycles. The van der Waals surface area contributed by atoms with E-state index in [-0.39, 0.29) is 5.91 Å². The smallest absolute Gasteiger partial charge is 0.416 e. The number of rotatable bonds is 3. The van der Waals surface area contributed by atoms with Gasteiger partial charge in [0.2, 0.25) is 5.91 Å². The van der Waals surface area contributed by atoms with Crippen molar-refractivity contribution in [3.63, 3.8) is 0 Å². The molecule has 1 saturated heterocycles. The summed E-state index contributed by atoms with van der Waals surface area (Å²) < 4.78 is 37.9. The van der Waals surface area contributed by atoms with E-state index in [2.05, 4.69) is 0 Å². The first kappa shape index (κ1) is 17.3. The van der Waals surface area contributed by atoms with Crippen LogP contribution in [0.2, 0.25) is 0 Å². The van der Waals surface area contributed by atoms with Crippen molar-refractivity contribution in [2.45, 2.75) is 38.9 Å². The third kappa shape index (κ3) is 3.65. The Morgan fingerprint density at radius 3 is 2.35 bits per heavy atom. The number of benzene rings is 1. The first-order valence-corrected chi connectivity index (χ1v) is 7.22. The second kappa shape index (κ2) is 5.86. The lowest BCUT2D eigenvalue weighted by Gasteiger charge is -2.42. The fourth-order valence-electron chi connectivity index (χ4n) is 2.86. The molecule has 0 radical (unpaired) electrons. The number of carbonyl (C=O) groups excluding carboxylic acids is 1. The number of nitrogens with zero attached hydrogens (tertiary/aromatic N) is 1. The van der Waals surface area contributed by atoms with E-state index in [1.807, 2.05) is 0 Å². The van der Waals surface area contributed by atoms with Crippen molar-refractivity contribution in [3.8, 4) is 0 Å². The number of hydrogen-bond donors (Lipinski definition) is 1. The van der Waals surface area contributed by atoms with Gasteiger partial charge in [-0.3, -0.25) is 9.59 Å². The molecule has 1 atom stereocenters. The number of amides is 1. The number of hydrogen-bond acceptors (Lipinski definition) is 2. The van der Waals surface area contributed by atoms with Gasteiger partial charge in [-0.1, -0.05) is 26.0 Å². The fraction of sp³-hybridized carbons (Fsp3) is 0.500. The summed E-state index contributed by atoms with van der Waals surface area (Å²) >= 11 is 0. The molecule has 23 heavy (non-hydrogen) atoms. The molecule has 1 N–H and O–H groups in total. The summed E-state index contributed by atoms with van der Waals surface area (Å²) in [5.41, 5.74) is -0.922. The van der Waals surface area contributed by atoms with Crippen molar-refractivity contribution in [3.05, 3.63) is 35.4 Å². The molecule has 0 spiro atoms. The minimum absolute atomic E-state index is 0.295. The summed E-state index contributed by atoms with van der Waals surface area (Å²) in [6.07, 6.45) is -3.37. The zero-order valence-electron chi connectivity index (χ0n) is 12.9. The first-order valence-electron chi connectivity index (χ1n) is 7.22. The van der Waals surface area contributed by atoms with Gasteiger partial charge in [0.25, 0.3) is 0 Å². The maximum atomic E-state index is 12.6. The van der Waals surface area contributed by atoms with Crippen LogP contribution >= 0.6 is 0 Å². The number of halogens is 3. The first-order chi connectivity index (χ1) is 10.5. The van der Waals surface area contributed by atoms with E-state index in [9.17, 15) is 22.8 Å². The van der Waals surface area contributed by atoms with E-state index in [1.54, 1.807) is 13.8 Å². The van der Waals surface area contributed by atoms with Gasteiger partial charge >= 0.3 is 12.1 Å². The van der Waals surface area contributed by atoms with Gasteiger partial charge in [-0.2, -0.15) is 13.2 Å². The lowest BCUT2D eigenvalue weighted by Crippen LogP contribution is -2.49. The summed E-state index contributed by atoms with van der Waals surface area (Å²) in [5, 5.41) is 9.03. The number of piperidine rings is 1. The van der Waals surface area contributed by atoms with Gasteiger partial charge in [0, 0.05) is 5.41 Å². The van der Waals surface area contributed by atoms with Crippen LogP contribution in [0.25, 0.3) is 0 Å². The highest BCUT2D eigenvalue weighted by Crippen LogP contribution is 2.40. The van der Waals surface area contributed by atoms with Gasteiger partial charge in [0.05, 0.1) is 11.6 Å². The number of aliphatic carboxylic acids is 1. The highest BCUT2D eigenvalue weighted by Gasteiger charge is 2.42. The van der Waals surface area contributed by atoms with Crippen molar-refractivity contribution in [2.75, 3.05) is 6.54 Å². The number of carboxylic acids is 1. The molecule has 1 aliphatic heterocycles. The molecule has 1 aromatic carbocycles. The predicted molar refractivity (Wildman–Crippen MR) is 76.5 cm³/mol. The molecule has 1 aromatic rings. The van der Waals surface area contributed by atoms with Crippen molar-refractivity contribution in [1.29, 1.82) is 0 Å². The highest BCUT2D eigenvalue weighted by molar-refractivity contribution is 5.86. The topological polar surface area (TPSA) is 57.6 Å². The van der Waals surface area contributed by atoms with Crippen LogP contribution in [0.5, 0.6) is 0 Å². The fourth-order valence-corrected chi connectivity index (χ4v) is 2.86. The number of likely N-dealkylation sites (tertiary alicyclic amines) is 1. The maximum absolute atomic E-state index is 12.6. The molecule has 0 saturated carbocycles. The molecule has 0 aromatic heterocycles. The third-order valence-corrected chi connectivity index (χ3v) is 4.19. The quantitative estimate of drug-likeness (QED) is 0.924. The van der Waals surface area contributed by atoms with Gasteiger partial charge in [-0.05, 0) is 30.5 Å². The second-order valence-electron chi connectivity index (χ2n) is 6.38. The van der Waals surface area contributed by atoms with Crippen LogP contribution in [-0.2, 0) is 15.8 Å². The van der Waals surface area contributed by atoms with Crippen LogP contribution in [0, 0.1) is 5.41 Å². The van der Waals surface area contributed by atoms with E-state index in [0.29, 0.717) is 18.4 Å². The van der Waals surface area contributed by atoms with Crippen LogP contribution in [0.15, 0.2) is 24.3 Å². The Hall–Kier alpha value is -2.05. The Morgan fingerprint density at radius 1 is 1.30 bits per heavy atom. The Labute approximate surface area is 131 Å². The van der Waals surface area contributed by atoms with E-state index < -0.39 is 35.7 Å². The molecule has 126 valence electrons. The predicted octanol–water partition coefficient (Wildman–Crippen LogP) is 3.48. The summed E-state index contributed by atoms with van der Waals surface area (Å²) in [5.74, 6) is -1.44. The zero-order valence-corrected chi connectivity index (χ0v) is 12.9. The average molecular weight is 329 g/mol. The van der Waals surface area contributed by atoms with Gasteiger partial charge in [-0.25, -0.2) is 0 Å². The summed E-state index contributed by atoms with van der Waals surface area (Å²) in [4.78, 5) is 24.8. The van der Waals surface area contributed by atoms with Crippen molar-refractivity contribution in [2.24, 2.45) is 5.41 Å². The van der Waals surface area contributed by atoms with Crippen molar-refractivity contribution >= 4 is 11.9 Å². The Bertz CT molecular complexity index is 608. The SMILES string of the molecule is CC1(C)CC[C@@H](c2ccc(C(F)(F)F)cc2)N(CC(=O)O)C1=O. The van der Waals surface area contributed by atoms with Crippen LogP contribution in [0.1, 0.15) is 43.9 Å². The molecular formula is C16H18F3NO3. The molecule has 7 heteroatoms. The van der Waals surface area contributed by atoms with Gasteiger partial charge in [-0.15, -0.1) is 0 Å². The van der Waals surface area contributed by atoms with Crippen LogP contribution in [0.3, 0.4) is 0 Å². The summed E-state index contributed by atoms with van der Waals surface area (Å²) in [6, 6.07) is 4.02. The third-order valence-electron chi connectivity index (χ3n) is 4.19. The monoisotopic (exact) mass is 329 g/mol. The van der Waals surface area contributed by atoms with E-state index in [0.717, 1.165) is 12.1 Å². The number of carbonyl (C=O) groups is 2. The largest absolute Gasteiger partial charge is 0.480 e. The molecule has 4 nitrogen and oxygen atoms in total. The van der Waals surface area contributed by atoms with Gasteiger partial charge < -0.3 is 10.0 Å². The average Bonchev–Trinajstić information content (AvgIpc) is 2.43. The molecular weight excluding hydrogens is 311 g/mol. The van der Waals surface area contributed by atoms with E-state index >= 15 is 0 Å². The normalized spacial score (nSPS) is 21.3. The highest BCUT2D eigenvalue weighted by atomic mass is 19.4. The Morgan fingerprint density at radius 2 is 1.87 bits per heavy atom. The zero-order chi connectivity index (χ0) is 17.4. The van der Waals surface area contributed by atoms with Gasteiger partial charge in [0.15, 0.2) is 0 Å². The van der Waals surface area contributed by atoms with Gasteiger partial charge in [0.1, 0.15) is 6.54 Å². The molecule has 1 fully saturated rings. The maximum Gasteiger partial charge on any atom is 0.416 e. The van der Waals surface area contributed by atoms with Crippen LogP contribution in [0.4, 0.5) is 13.2 Å². The number of carboxylic acid groups (broad SMARTS) is 1. The van der Waals surface area contributed by atoms with Crippen molar-refractivity contribution in [1.82, 2.24) is 4.90 Å². The van der Waals surface area contributed by atoms with Crippen LogP contribution in [-0.4, -0.2) is 28.4 Å².